The SMILES string of the molecule is CC1(NC(=O)C(C)(C)N)CCCOC1. The number of nitrogens with two attached hydrogens (primary N) is 1. The van der Waals surface area contributed by atoms with E-state index in [9.17, 15) is 4.79 Å². The molecule has 0 aromatic rings. The summed E-state index contributed by atoms with van der Waals surface area (Å²) in [5.41, 5.74) is 4.64. The Kier molecular flexibility index (Phi) is 3.17. The summed E-state index contributed by atoms with van der Waals surface area (Å²) in [5.74, 6) is -0.120. The molecule has 1 aliphatic rings. The van der Waals surface area contributed by atoms with E-state index in [4.69, 9.17) is 10.5 Å². The molecule has 1 amide bonds. The highest BCUT2D eigenvalue weighted by molar-refractivity contribution is 5.85. The van der Waals surface area contributed by atoms with Gasteiger partial charge in [-0.1, -0.05) is 0 Å². The standard InChI is InChI=1S/C10H20N2O2/c1-9(2,11)8(13)12-10(3)5-4-6-14-7-10/h4-7,11H2,1-3H3,(H,12,13). The molecule has 1 saturated heterocycles. The fourth-order valence-corrected chi connectivity index (χ4v) is 1.47. The molecule has 0 aromatic carbocycles. The van der Waals surface area contributed by atoms with Gasteiger partial charge in [-0.2, -0.15) is 0 Å². The summed E-state index contributed by atoms with van der Waals surface area (Å²) in [4.78, 5) is 11.6. The molecule has 0 aliphatic carbocycles. The van der Waals surface area contributed by atoms with Gasteiger partial charge in [-0.15, -0.1) is 0 Å². The number of hydrogen-bond donors (Lipinski definition) is 2. The van der Waals surface area contributed by atoms with Crippen molar-refractivity contribution in [3.05, 3.63) is 0 Å². The summed E-state index contributed by atoms with van der Waals surface area (Å²) < 4.78 is 5.34. The van der Waals surface area contributed by atoms with Crippen LogP contribution < -0.4 is 11.1 Å². The molecule has 3 N–H and O–H groups in total. The number of hydrogen-bond acceptors (Lipinski definition) is 3. The van der Waals surface area contributed by atoms with E-state index in [-0.39, 0.29) is 11.4 Å². The van der Waals surface area contributed by atoms with Crippen molar-refractivity contribution in [1.29, 1.82) is 0 Å². The molecule has 1 fully saturated rings. The van der Waals surface area contributed by atoms with E-state index in [1.807, 2.05) is 6.92 Å². The minimum atomic E-state index is -0.819. The van der Waals surface area contributed by atoms with Gasteiger partial charge in [0.25, 0.3) is 0 Å². The van der Waals surface area contributed by atoms with Crippen molar-refractivity contribution in [3.8, 4) is 0 Å². The van der Waals surface area contributed by atoms with Gasteiger partial charge in [-0.25, -0.2) is 0 Å². The van der Waals surface area contributed by atoms with Crippen molar-refractivity contribution in [2.24, 2.45) is 5.73 Å². The molecular formula is C10H20N2O2. The molecule has 0 radical (unpaired) electrons. The number of carbonyl (C=O) groups is 1. The third-order valence-electron chi connectivity index (χ3n) is 2.44. The maximum absolute atomic E-state index is 11.6. The van der Waals surface area contributed by atoms with E-state index in [0.717, 1.165) is 19.4 Å². The van der Waals surface area contributed by atoms with Gasteiger partial charge in [-0.05, 0) is 33.6 Å². The minimum absolute atomic E-state index is 0.120. The molecule has 0 saturated carbocycles. The molecular weight excluding hydrogens is 180 g/mol. The van der Waals surface area contributed by atoms with Crippen molar-refractivity contribution in [2.45, 2.75) is 44.7 Å². The molecule has 82 valence electrons. The zero-order chi connectivity index (χ0) is 10.8. The lowest BCUT2D eigenvalue weighted by Crippen LogP contribution is -2.59. The first kappa shape index (κ1) is 11.5. The lowest BCUT2D eigenvalue weighted by molar-refractivity contribution is -0.128. The molecule has 1 unspecified atom stereocenters. The van der Waals surface area contributed by atoms with Gasteiger partial charge in [0.2, 0.25) is 5.91 Å². The summed E-state index contributed by atoms with van der Waals surface area (Å²) in [6, 6.07) is 0. The Morgan fingerprint density at radius 1 is 1.57 bits per heavy atom. The topological polar surface area (TPSA) is 64.4 Å². The van der Waals surface area contributed by atoms with Crippen LogP contribution in [0.3, 0.4) is 0 Å². The highest BCUT2D eigenvalue weighted by atomic mass is 16.5. The van der Waals surface area contributed by atoms with Crippen LogP contribution in [0.4, 0.5) is 0 Å². The van der Waals surface area contributed by atoms with Crippen LogP contribution in [-0.2, 0) is 9.53 Å². The lowest BCUT2D eigenvalue weighted by Gasteiger charge is -2.36. The van der Waals surface area contributed by atoms with Crippen LogP contribution in [-0.4, -0.2) is 30.2 Å². The zero-order valence-electron chi connectivity index (χ0n) is 9.22. The first-order valence-electron chi connectivity index (χ1n) is 5.03. The van der Waals surface area contributed by atoms with Crippen LogP contribution in [0.25, 0.3) is 0 Å². The van der Waals surface area contributed by atoms with Crippen LogP contribution in [0.2, 0.25) is 0 Å². The molecule has 0 bridgehead atoms. The number of ether oxygens (including phenoxy) is 1. The predicted molar refractivity (Wildman–Crippen MR) is 54.9 cm³/mol. The number of rotatable bonds is 2. The fourth-order valence-electron chi connectivity index (χ4n) is 1.47. The van der Waals surface area contributed by atoms with Crippen LogP contribution in [0.5, 0.6) is 0 Å². The maximum atomic E-state index is 11.6. The molecule has 1 atom stereocenters. The Labute approximate surface area is 85.2 Å². The zero-order valence-corrected chi connectivity index (χ0v) is 9.22. The summed E-state index contributed by atoms with van der Waals surface area (Å²) in [6.45, 7) is 6.77. The van der Waals surface area contributed by atoms with Crippen LogP contribution in [0, 0.1) is 0 Å². The minimum Gasteiger partial charge on any atom is -0.379 e. The van der Waals surface area contributed by atoms with Crippen molar-refractivity contribution >= 4 is 5.91 Å². The summed E-state index contributed by atoms with van der Waals surface area (Å²) >= 11 is 0. The Morgan fingerprint density at radius 2 is 2.21 bits per heavy atom. The monoisotopic (exact) mass is 200 g/mol. The van der Waals surface area contributed by atoms with Gasteiger partial charge < -0.3 is 15.8 Å². The molecule has 0 aromatic heterocycles. The molecule has 4 nitrogen and oxygen atoms in total. The quantitative estimate of drug-likeness (QED) is 0.678. The lowest BCUT2D eigenvalue weighted by atomic mass is 9.93. The number of carbonyl (C=O) groups excluding carboxylic acids is 1. The Balaban J connectivity index is 2.54. The van der Waals surface area contributed by atoms with Crippen molar-refractivity contribution in [3.63, 3.8) is 0 Å². The Morgan fingerprint density at radius 3 is 2.64 bits per heavy atom. The van der Waals surface area contributed by atoms with Crippen molar-refractivity contribution < 1.29 is 9.53 Å². The van der Waals surface area contributed by atoms with E-state index in [0.29, 0.717) is 6.61 Å². The van der Waals surface area contributed by atoms with Gasteiger partial charge in [0, 0.05) is 6.61 Å². The van der Waals surface area contributed by atoms with E-state index in [1.54, 1.807) is 13.8 Å². The largest absolute Gasteiger partial charge is 0.379 e. The van der Waals surface area contributed by atoms with Gasteiger partial charge >= 0.3 is 0 Å². The predicted octanol–water partition coefficient (Wildman–Crippen LogP) is 0.409. The van der Waals surface area contributed by atoms with Crippen molar-refractivity contribution in [1.82, 2.24) is 5.32 Å². The highest BCUT2D eigenvalue weighted by Crippen LogP contribution is 2.18. The number of nitrogens with one attached hydrogen (secondary N) is 1. The molecule has 0 spiro atoms. The smallest absolute Gasteiger partial charge is 0.240 e. The molecule has 1 heterocycles. The van der Waals surface area contributed by atoms with Gasteiger partial charge in [0.15, 0.2) is 0 Å². The molecule has 1 aliphatic heterocycles. The normalized spacial score (nSPS) is 28.6. The second-order valence-corrected chi connectivity index (χ2v) is 4.89. The van der Waals surface area contributed by atoms with E-state index in [2.05, 4.69) is 5.32 Å². The van der Waals surface area contributed by atoms with Crippen LogP contribution >= 0.6 is 0 Å². The molecule has 4 heteroatoms. The summed E-state index contributed by atoms with van der Waals surface area (Å²) in [5, 5.41) is 2.95. The first-order valence-corrected chi connectivity index (χ1v) is 5.03. The first-order chi connectivity index (χ1) is 6.33. The van der Waals surface area contributed by atoms with E-state index < -0.39 is 5.54 Å². The third kappa shape index (κ3) is 2.96. The average molecular weight is 200 g/mol. The van der Waals surface area contributed by atoms with Crippen molar-refractivity contribution in [2.75, 3.05) is 13.2 Å². The van der Waals surface area contributed by atoms with Gasteiger partial charge in [-0.3, -0.25) is 4.79 Å². The molecule has 1 rings (SSSR count). The Bertz CT molecular complexity index is 215. The number of amides is 1. The van der Waals surface area contributed by atoms with E-state index in [1.165, 1.54) is 0 Å². The Hall–Kier alpha value is -0.610. The van der Waals surface area contributed by atoms with Gasteiger partial charge in [0.1, 0.15) is 0 Å². The second kappa shape index (κ2) is 3.87. The average Bonchev–Trinajstić information content (AvgIpc) is 2.02. The fraction of sp³-hybridized carbons (Fsp3) is 0.900. The van der Waals surface area contributed by atoms with Crippen LogP contribution in [0.15, 0.2) is 0 Å². The third-order valence-corrected chi connectivity index (χ3v) is 2.44. The van der Waals surface area contributed by atoms with Crippen LogP contribution in [0.1, 0.15) is 33.6 Å². The van der Waals surface area contributed by atoms with E-state index >= 15 is 0 Å². The summed E-state index contributed by atoms with van der Waals surface area (Å²) in [6.07, 6.45) is 1.94. The summed E-state index contributed by atoms with van der Waals surface area (Å²) in [7, 11) is 0. The van der Waals surface area contributed by atoms with Gasteiger partial charge in [0.05, 0.1) is 17.7 Å². The second-order valence-electron chi connectivity index (χ2n) is 4.89. The highest BCUT2D eigenvalue weighted by Gasteiger charge is 2.33. The maximum Gasteiger partial charge on any atom is 0.240 e. The molecule has 14 heavy (non-hydrogen) atoms.